The molecular formula is C14H18O4. The molecule has 0 aliphatic heterocycles. The van der Waals surface area contributed by atoms with Gasteiger partial charge in [-0.2, -0.15) is 0 Å². The summed E-state index contributed by atoms with van der Waals surface area (Å²) >= 11 is 0. The zero-order valence-electron chi connectivity index (χ0n) is 11.1. The summed E-state index contributed by atoms with van der Waals surface area (Å²) < 4.78 is 5.23. The Labute approximate surface area is 107 Å². The summed E-state index contributed by atoms with van der Waals surface area (Å²) in [5, 5.41) is 8.94. The fourth-order valence-corrected chi connectivity index (χ4v) is 1.41. The second kappa shape index (κ2) is 5.21. The molecule has 4 nitrogen and oxygen atoms in total. The Morgan fingerprint density at radius 2 is 1.89 bits per heavy atom. The topological polar surface area (TPSA) is 63.6 Å². The van der Waals surface area contributed by atoms with Gasteiger partial charge in [0.15, 0.2) is 0 Å². The van der Waals surface area contributed by atoms with Gasteiger partial charge in [0.25, 0.3) is 0 Å². The first-order valence-electron chi connectivity index (χ1n) is 5.77. The molecule has 0 saturated carbocycles. The summed E-state index contributed by atoms with van der Waals surface area (Å²) in [6.07, 6.45) is 0. The molecule has 4 heteroatoms. The number of carbonyl (C=O) groups excluding carboxylic acids is 1. The molecule has 0 radical (unpaired) electrons. The number of rotatable bonds is 3. The van der Waals surface area contributed by atoms with Gasteiger partial charge in [0.05, 0.1) is 11.5 Å². The van der Waals surface area contributed by atoms with E-state index in [4.69, 9.17) is 9.84 Å². The van der Waals surface area contributed by atoms with E-state index >= 15 is 0 Å². The SMILES string of the molecule is CC(C(=O)O)c1cccc(C(=O)OC(C)(C)C)c1. The first-order chi connectivity index (χ1) is 8.20. The van der Waals surface area contributed by atoms with Crippen molar-refractivity contribution in [2.45, 2.75) is 39.2 Å². The number of carboxylic acids is 1. The number of hydrogen-bond acceptors (Lipinski definition) is 3. The van der Waals surface area contributed by atoms with Crippen molar-refractivity contribution in [3.05, 3.63) is 35.4 Å². The van der Waals surface area contributed by atoms with Crippen LogP contribution in [-0.4, -0.2) is 22.6 Å². The lowest BCUT2D eigenvalue weighted by Gasteiger charge is -2.19. The summed E-state index contributed by atoms with van der Waals surface area (Å²) in [5.41, 5.74) is 0.396. The fraction of sp³-hybridized carbons (Fsp3) is 0.429. The summed E-state index contributed by atoms with van der Waals surface area (Å²) in [5.74, 6) is -2.01. The second-order valence-electron chi connectivity index (χ2n) is 5.19. The molecule has 1 atom stereocenters. The average Bonchev–Trinajstić information content (AvgIpc) is 2.25. The molecule has 1 rings (SSSR count). The predicted molar refractivity (Wildman–Crippen MR) is 67.7 cm³/mol. The summed E-state index contributed by atoms with van der Waals surface area (Å²) in [6, 6.07) is 6.53. The maximum atomic E-state index is 11.8. The van der Waals surface area contributed by atoms with Crippen molar-refractivity contribution >= 4 is 11.9 Å². The maximum absolute atomic E-state index is 11.8. The highest BCUT2D eigenvalue weighted by molar-refractivity contribution is 5.90. The third-order valence-electron chi connectivity index (χ3n) is 2.39. The van der Waals surface area contributed by atoms with Gasteiger partial charge in [-0.3, -0.25) is 4.79 Å². The van der Waals surface area contributed by atoms with E-state index in [-0.39, 0.29) is 0 Å². The minimum Gasteiger partial charge on any atom is -0.481 e. The molecule has 0 saturated heterocycles. The average molecular weight is 250 g/mol. The van der Waals surface area contributed by atoms with Crippen molar-refractivity contribution in [2.24, 2.45) is 0 Å². The predicted octanol–water partition coefficient (Wildman–Crippen LogP) is 2.83. The maximum Gasteiger partial charge on any atom is 0.338 e. The van der Waals surface area contributed by atoms with E-state index in [1.165, 1.54) is 0 Å². The van der Waals surface area contributed by atoms with Crippen molar-refractivity contribution in [2.75, 3.05) is 0 Å². The normalized spacial score (nSPS) is 12.9. The van der Waals surface area contributed by atoms with Crippen molar-refractivity contribution in [3.8, 4) is 0 Å². The Kier molecular flexibility index (Phi) is 4.11. The van der Waals surface area contributed by atoms with Crippen LogP contribution in [0.1, 0.15) is 49.5 Å². The third-order valence-corrected chi connectivity index (χ3v) is 2.39. The highest BCUT2D eigenvalue weighted by Crippen LogP contribution is 2.19. The molecule has 18 heavy (non-hydrogen) atoms. The van der Waals surface area contributed by atoms with Crippen LogP contribution in [0.3, 0.4) is 0 Å². The molecule has 0 bridgehead atoms. The van der Waals surface area contributed by atoms with Gasteiger partial charge in [-0.1, -0.05) is 12.1 Å². The molecule has 1 unspecified atom stereocenters. The van der Waals surface area contributed by atoms with Crippen molar-refractivity contribution < 1.29 is 19.4 Å². The fourth-order valence-electron chi connectivity index (χ4n) is 1.41. The lowest BCUT2D eigenvalue weighted by molar-refractivity contribution is -0.138. The molecule has 0 aliphatic rings. The Morgan fingerprint density at radius 1 is 1.28 bits per heavy atom. The van der Waals surface area contributed by atoms with E-state index in [9.17, 15) is 9.59 Å². The summed E-state index contributed by atoms with van der Waals surface area (Å²) in [6.45, 7) is 6.94. The number of carbonyl (C=O) groups is 2. The number of esters is 1. The van der Waals surface area contributed by atoms with Gasteiger partial charge in [0.2, 0.25) is 0 Å². The Bertz CT molecular complexity index is 457. The van der Waals surface area contributed by atoms with E-state index in [0.717, 1.165) is 0 Å². The molecule has 1 aromatic carbocycles. The van der Waals surface area contributed by atoms with Gasteiger partial charge in [0.1, 0.15) is 5.60 Å². The zero-order valence-corrected chi connectivity index (χ0v) is 11.1. The van der Waals surface area contributed by atoms with Gasteiger partial charge in [-0.15, -0.1) is 0 Å². The molecule has 0 amide bonds. The Morgan fingerprint density at radius 3 is 2.39 bits per heavy atom. The van der Waals surface area contributed by atoms with Gasteiger partial charge >= 0.3 is 11.9 Å². The van der Waals surface area contributed by atoms with Crippen molar-refractivity contribution in [1.29, 1.82) is 0 Å². The van der Waals surface area contributed by atoms with Crippen LogP contribution in [0.2, 0.25) is 0 Å². The Hall–Kier alpha value is -1.84. The van der Waals surface area contributed by atoms with Gasteiger partial charge in [-0.05, 0) is 45.4 Å². The monoisotopic (exact) mass is 250 g/mol. The van der Waals surface area contributed by atoms with Gasteiger partial charge < -0.3 is 9.84 Å². The quantitative estimate of drug-likeness (QED) is 0.838. The third kappa shape index (κ3) is 3.87. The van der Waals surface area contributed by atoms with Gasteiger partial charge in [-0.25, -0.2) is 4.79 Å². The molecule has 0 aromatic heterocycles. The smallest absolute Gasteiger partial charge is 0.338 e. The van der Waals surface area contributed by atoms with Crippen LogP contribution in [0, 0.1) is 0 Å². The second-order valence-corrected chi connectivity index (χ2v) is 5.19. The summed E-state index contributed by atoms with van der Waals surface area (Å²) in [4.78, 5) is 22.7. The first-order valence-corrected chi connectivity index (χ1v) is 5.77. The highest BCUT2D eigenvalue weighted by atomic mass is 16.6. The molecular weight excluding hydrogens is 232 g/mol. The molecule has 1 N–H and O–H groups in total. The molecule has 1 aromatic rings. The molecule has 0 fully saturated rings. The number of ether oxygens (including phenoxy) is 1. The van der Waals surface area contributed by atoms with E-state index < -0.39 is 23.5 Å². The minimum atomic E-state index is -0.920. The van der Waals surface area contributed by atoms with E-state index in [0.29, 0.717) is 11.1 Å². The number of carboxylic acid groups (broad SMARTS) is 1. The van der Waals surface area contributed by atoms with Crippen molar-refractivity contribution in [3.63, 3.8) is 0 Å². The van der Waals surface area contributed by atoms with E-state index in [1.54, 1.807) is 52.0 Å². The van der Waals surface area contributed by atoms with Crippen molar-refractivity contribution in [1.82, 2.24) is 0 Å². The van der Waals surface area contributed by atoms with Crippen LogP contribution in [0.5, 0.6) is 0 Å². The highest BCUT2D eigenvalue weighted by Gasteiger charge is 2.20. The first kappa shape index (κ1) is 14.2. The lowest BCUT2D eigenvalue weighted by atomic mass is 9.99. The largest absolute Gasteiger partial charge is 0.481 e. The zero-order chi connectivity index (χ0) is 13.9. The Balaban J connectivity index is 2.95. The number of hydrogen-bond donors (Lipinski definition) is 1. The number of benzene rings is 1. The van der Waals surface area contributed by atoms with Crippen LogP contribution >= 0.6 is 0 Å². The van der Waals surface area contributed by atoms with Crippen LogP contribution < -0.4 is 0 Å². The molecule has 98 valence electrons. The van der Waals surface area contributed by atoms with Crippen LogP contribution in [0.25, 0.3) is 0 Å². The van der Waals surface area contributed by atoms with E-state index in [2.05, 4.69) is 0 Å². The van der Waals surface area contributed by atoms with Gasteiger partial charge in [0, 0.05) is 0 Å². The van der Waals surface area contributed by atoms with Crippen LogP contribution in [-0.2, 0) is 9.53 Å². The molecule has 0 heterocycles. The molecule has 0 spiro atoms. The van der Waals surface area contributed by atoms with Crippen LogP contribution in [0.4, 0.5) is 0 Å². The summed E-state index contributed by atoms with van der Waals surface area (Å²) in [7, 11) is 0. The van der Waals surface area contributed by atoms with Crippen LogP contribution in [0.15, 0.2) is 24.3 Å². The lowest BCUT2D eigenvalue weighted by Crippen LogP contribution is -2.24. The standard InChI is InChI=1S/C14H18O4/c1-9(12(15)16)10-6-5-7-11(8-10)13(17)18-14(2,3)4/h5-9H,1-4H3,(H,15,16). The molecule has 0 aliphatic carbocycles. The van der Waals surface area contributed by atoms with E-state index in [1.807, 2.05) is 0 Å². The minimum absolute atomic E-state index is 0.371. The number of aliphatic carboxylic acids is 1.